The first-order valence-corrected chi connectivity index (χ1v) is 12.2. The Labute approximate surface area is 212 Å². The summed E-state index contributed by atoms with van der Waals surface area (Å²) in [4.78, 5) is 19.0. The average Bonchev–Trinajstić information content (AvgIpc) is 3.49. The van der Waals surface area contributed by atoms with Crippen molar-refractivity contribution in [1.29, 1.82) is 0 Å². The highest BCUT2D eigenvalue weighted by molar-refractivity contribution is 6.24. The third-order valence-electron chi connectivity index (χ3n) is 7.12. The molecular weight excluding hydrogens is 454 g/mol. The molecule has 0 fully saturated rings. The number of benzene rings is 3. The van der Waals surface area contributed by atoms with Crippen molar-refractivity contribution in [2.24, 2.45) is 0 Å². The molecule has 8 aromatic rings. The molecular formula is C32H19N5. The van der Waals surface area contributed by atoms with Crippen LogP contribution in [0, 0.1) is 0 Å². The molecule has 172 valence electrons. The van der Waals surface area contributed by atoms with Gasteiger partial charge in [-0.15, -0.1) is 0 Å². The molecule has 5 heteroatoms. The van der Waals surface area contributed by atoms with E-state index in [0.717, 1.165) is 60.7 Å². The minimum Gasteiger partial charge on any atom is -0.305 e. The van der Waals surface area contributed by atoms with E-state index in [-0.39, 0.29) is 0 Å². The molecule has 0 amide bonds. The molecule has 0 saturated carbocycles. The van der Waals surface area contributed by atoms with E-state index in [1.165, 1.54) is 5.52 Å². The van der Waals surface area contributed by atoms with Crippen LogP contribution in [0.1, 0.15) is 0 Å². The van der Waals surface area contributed by atoms with Crippen LogP contribution in [0.15, 0.2) is 116 Å². The van der Waals surface area contributed by atoms with E-state index < -0.39 is 0 Å². The maximum absolute atomic E-state index is 5.08. The number of rotatable bonds is 3. The molecule has 0 N–H and O–H groups in total. The van der Waals surface area contributed by atoms with E-state index in [9.17, 15) is 0 Å². The Balaban J connectivity index is 1.47. The van der Waals surface area contributed by atoms with Crippen LogP contribution >= 0.6 is 0 Å². The van der Waals surface area contributed by atoms with Crippen LogP contribution < -0.4 is 0 Å². The van der Waals surface area contributed by atoms with Crippen molar-refractivity contribution in [1.82, 2.24) is 24.3 Å². The largest absolute Gasteiger partial charge is 0.305 e. The second-order valence-electron chi connectivity index (χ2n) is 9.24. The Bertz CT molecular complexity index is 1940. The van der Waals surface area contributed by atoms with Gasteiger partial charge in [0.15, 0.2) is 5.82 Å². The number of hydrogen-bond donors (Lipinski definition) is 0. The second kappa shape index (κ2) is 7.67. The van der Waals surface area contributed by atoms with Gasteiger partial charge in [-0.05, 0) is 30.3 Å². The molecule has 0 saturated heterocycles. The molecule has 0 aliphatic rings. The average molecular weight is 474 g/mol. The molecule has 0 radical (unpaired) electrons. The van der Waals surface area contributed by atoms with Gasteiger partial charge in [0.05, 0.1) is 40.3 Å². The summed E-state index contributed by atoms with van der Waals surface area (Å²) in [6.07, 6.45) is 7.57. The Morgan fingerprint density at radius 3 is 1.51 bits per heavy atom. The minimum absolute atomic E-state index is 0.704. The summed E-state index contributed by atoms with van der Waals surface area (Å²) >= 11 is 0. The summed E-state index contributed by atoms with van der Waals surface area (Å²) in [6.45, 7) is 0. The highest BCUT2D eigenvalue weighted by Crippen LogP contribution is 2.41. The van der Waals surface area contributed by atoms with Crippen molar-refractivity contribution >= 4 is 38.1 Å². The van der Waals surface area contributed by atoms with Crippen molar-refractivity contribution < 1.29 is 0 Å². The van der Waals surface area contributed by atoms with Crippen LogP contribution in [0.4, 0.5) is 0 Å². The monoisotopic (exact) mass is 473 g/mol. The number of hydrogen-bond acceptors (Lipinski definition) is 4. The zero-order valence-electron chi connectivity index (χ0n) is 19.7. The van der Waals surface area contributed by atoms with Crippen LogP contribution in [0.5, 0.6) is 0 Å². The zero-order valence-corrected chi connectivity index (χ0v) is 19.7. The van der Waals surface area contributed by atoms with Crippen molar-refractivity contribution in [2.75, 3.05) is 0 Å². The summed E-state index contributed by atoms with van der Waals surface area (Å²) in [5.74, 6) is 0.704. The van der Waals surface area contributed by atoms with Crippen molar-refractivity contribution in [3.63, 3.8) is 0 Å². The van der Waals surface area contributed by atoms with Gasteiger partial charge in [-0.1, -0.05) is 60.7 Å². The zero-order chi connectivity index (χ0) is 24.3. The Kier molecular flexibility index (Phi) is 4.16. The van der Waals surface area contributed by atoms with Gasteiger partial charge in [-0.3, -0.25) is 9.97 Å². The molecule has 0 spiro atoms. The van der Waals surface area contributed by atoms with Gasteiger partial charge in [0.1, 0.15) is 0 Å². The molecule has 3 aromatic carbocycles. The summed E-state index contributed by atoms with van der Waals surface area (Å²) in [7, 11) is 0. The summed E-state index contributed by atoms with van der Waals surface area (Å²) in [5, 5.41) is 4.64. The Morgan fingerprint density at radius 1 is 0.486 bits per heavy atom. The standard InChI is InChI=1S/C32H19N5/c1-3-7-20(8-4-1)27-17-28(21-9-5-2-6-10-21)36-32(35-27)22-15-25-23-11-13-33-18-29(23)37-30-19-34-14-12-24(30)26(16-22)31(25)37/h1-19H. The third-order valence-corrected chi connectivity index (χ3v) is 7.12. The van der Waals surface area contributed by atoms with Gasteiger partial charge >= 0.3 is 0 Å². The molecule has 8 rings (SSSR count). The first kappa shape index (κ1) is 20.1. The van der Waals surface area contributed by atoms with Crippen molar-refractivity contribution in [3.8, 4) is 33.9 Å². The smallest absolute Gasteiger partial charge is 0.160 e. The quantitative estimate of drug-likeness (QED) is 0.268. The van der Waals surface area contributed by atoms with E-state index >= 15 is 0 Å². The molecule has 5 aromatic heterocycles. The number of nitrogens with zero attached hydrogens (tertiary/aromatic N) is 5. The molecule has 5 nitrogen and oxygen atoms in total. The lowest BCUT2D eigenvalue weighted by Crippen LogP contribution is -1.96. The first-order chi connectivity index (χ1) is 18.3. The lowest BCUT2D eigenvalue weighted by molar-refractivity contribution is 1.19. The van der Waals surface area contributed by atoms with E-state index in [4.69, 9.17) is 9.97 Å². The van der Waals surface area contributed by atoms with Gasteiger partial charge < -0.3 is 4.40 Å². The summed E-state index contributed by atoms with van der Waals surface area (Å²) in [5.41, 5.74) is 8.24. The predicted molar refractivity (Wildman–Crippen MR) is 149 cm³/mol. The Hall–Kier alpha value is -5.16. The number of fused-ring (bicyclic) bond motifs is 6. The van der Waals surface area contributed by atoms with Gasteiger partial charge in [-0.25, -0.2) is 9.97 Å². The topological polar surface area (TPSA) is 56.0 Å². The van der Waals surface area contributed by atoms with E-state index in [1.54, 1.807) is 0 Å². The maximum atomic E-state index is 5.08. The van der Waals surface area contributed by atoms with E-state index in [1.807, 2.05) is 61.2 Å². The molecule has 37 heavy (non-hydrogen) atoms. The van der Waals surface area contributed by atoms with Crippen LogP contribution in [-0.2, 0) is 0 Å². The van der Waals surface area contributed by atoms with E-state index in [2.05, 4.69) is 69.0 Å². The van der Waals surface area contributed by atoms with Crippen LogP contribution in [0.3, 0.4) is 0 Å². The molecule has 0 atom stereocenters. The van der Waals surface area contributed by atoms with Crippen LogP contribution in [-0.4, -0.2) is 24.3 Å². The fraction of sp³-hybridized carbons (Fsp3) is 0. The van der Waals surface area contributed by atoms with Gasteiger partial charge in [0, 0.05) is 50.6 Å². The highest BCUT2D eigenvalue weighted by Gasteiger charge is 2.20. The lowest BCUT2D eigenvalue weighted by atomic mass is 10.0. The fourth-order valence-corrected chi connectivity index (χ4v) is 5.46. The Morgan fingerprint density at radius 2 is 1.00 bits per heavy atom. The maximum Gasteiger partial charge on any atom is 0.160 e. The van der Waals surface area contributed by atoms with Crippen molar-refractivity contribution in [3.05, 3.63) is 116 Å². The van der Waals surface area contributed by atoms with E-state index in [0.29, 0.717) is 5.82 Å². The third kappa shape index (κ3) is 2.98. The SMILES string of the molecule is c1ccc(-c2cc(-c3ccccc3)nc(-c3cc4c5ccncc5n5c6cnccc6c(c3)c45)n2)cc1. The summed E-state index contributed by atoms with van der Waals surface area (Å²) in [6, 6.07) is 31.3. The lowest BCUT2D eigenvalue weighted by Gasteiger charge is -2.10. The second-order valence-corrected chi connectivity index (χ2v) is 9.24. The molecule has 0 aliphatic heterocycles. The number of pyridine rings is 2. The summed E-state index contributed by atoms with van der Waals surface area (Å²) < 4.78 is 2.27. The number of aromatic nitrogens is 5. The van der Waals surface area contributed by atoms with Crippen LogP contribution in [0.25, 0.3) is 72.0 Å². The molecule has 0 aliphatic carbocycles. The predicted octanol–water partition coefficient (Wildman–Crippen LogP) is 7.42. The van der Waals surface area contributed by atoms with Crippen LogP contribution in [0.2, 0.25) is 0 Å². The molecule has 5 heterocycles. The normalized spacial score (nSPS) is 11.8. The molecule has 0 bridgehead atoms. The van der Waals surface area contributed by atoms with Gasteiger partial charge in [-0.2, -0.15) is 0 Å². The molecule has 0 unspecified atom stereocenters. The first-order valence-electron chi connectivity index (χ1n) is 12.2. The van der Waals surface area contributed by atoms with Gasteiger partial charge in [0.2, 0.25) is 0 Å². The minimum atomic E-state index is 0.704. The van der Waals surface area contributed by atoms with Gasteiger partial charge in [0.25, 0.3) is 0 Å². The fourth-order valence-electron chi connectivity index (χ4n) is 5.46. The highest BCUT2D eigenvalue weighted by atomic mass is 14.9. The van der Waals surface area contributed by atoms with Crippen molar-refractivity contribution in [2.45, 2.75) is 0 Å².